The Hall–Kier alpha value is -2.25. The van der Waals surface area contributed by atoms with Crippen LogP contribution in [0.5, 0.6) is 5.75 Å². The molecular formula is C22H24ClF3N2O2. The van der Waals surface area contributed by atoms with Crippen LogP contribution in [0.2, 0.25) is 5.02 Å². The average molecular weight is 441 g/mol. The number of benzene rings is 2. The van der Waals surface area contributed by atoms with Crippen LogP contribution < -0.4 is 10.1 Å². The third-order valence-electron chi connectivity index (χ3n) is 5.22. The molecule has 0 saturated carbocycles. The van der Waals surface area contributed by atoms with Crippen LogP contribution in [-0.2, 0) is 24.1 Å². The van der Waals surface area contributed by atoms with E-state index < -0.39 is 11.7 Å². The summed E-state index contributed by atoms with van der Waals surface area (Å²) in [5.74, 6) is 0.771. The van der Waals surface area contributed by atoms with Crippen LogP contribution in [0.4, 0.5) is 13.2 Å². The highest BCUT2D eigenvalue weighted by Gasteiger charge is 2.33. The first-order valence-corrected chi connectivity index (χ1v) is 9.98. The van der Waals surface area contributed by atoms with Gasteiger partial charge in [0.2, 0.25) is 5.91 Å². The van der Waals surface area contributed by atoms with Crippen LogP contribution in [0.1, 0.15) is 27.8 Å². The molecule has 0 bridgehead atoms. The van der Waals surface area contributed by atoms with Gasteiger partial charge in [0.15, 0.2) is 0 Å². The number of aryl methyl sites for hydroxylation is 2. The van der Waals surface area contributed by atoms with Crippen molar-refractivity contribution >= 4 is 17.5 Å². The van der Waals surface area contributed by atoms with Gasteiger partial charge in [0.05, 0.1) is 16.5 Å². The van der Waals surface area contributed by atoms with Crippen LogP contribution in [0.25, 0.3) is 0 Å². The van der Waals surface area contributed by atoms with Gasteiger partial charge in [0, 0.05) is 26.7 Å². The van der Waals surface area contributed by atoms with E-state index in [1.54, 1.807) is 7.05 Å². The lowest BCUT2D eigenvalue weighted by atomic mass is 9.97. The Morgan fingerprint density at radius 1 is 1.17 bits per heavy atom. The highest BCUT2D eigenvalue weighted by atomic mass is 35.5. The summed E-state index contributed by atoms with van der Waals surface area (Å²) in [6, 6.07) is 7.82. The summed E-state index contributed by atoms with van der Waals surface area (Å²) in [4.78, 5) is 13.8. The van der Waals surface area contributed by atoms with Gasteiger partial charge in [-0.2, -0.15) is 13.2 Å². The van der Waals surface area contributed by atoms with Crippen molar-refractivity contribution in [2.24, 2.45) is 5.92 Å². The maximum absolute atomic E-state index is 13.0. The van der Waals surface area contributed by atoms with Crippen molar-refractivity contribution in [1.29, 1.82) is 0 Å². The maximum atomic E-state index is 13.0. The molecule has 0 spiro atoms. The van der Waals surface area contributed by atoms with Crippen LogP contribution in [0, 0.1) is 19.8 Å². The number of rotatable bonds is 6. The second-order valence-electron chi connectivity index (χ2n) is 7.66. The molecule has 2 aromatic carbocycles. The molecule has 1 heterocycles. The van der Waals surface area contributed by atoms with E-state index in [1.807, 2.05) is 26.0 Å². The molecule has 1 fully saturated rings. The summed E-state index contributed by atoms with van der Waals surface area (Å²) in [6.45, 7) is 6.04. The first kappa shape index (κ1) is 22.4. The molecule has 30 heavy (non-hydrogen) atoms. The number of carbonyl (C=O) groups excluding carboxylic acids is 1. The molecule has 4 nitrogen and oxygen atoms in total. The Morgan fingerprint density at radius 2 is 1.80 bits per heavy atom. The molecule has 0 aromatic heterocycles. The van der Waals surface area contributed by atoms with Crippen molar-refractivity contribution in [3.8, 4) is 5.75 Å². The second-order valence-corrected chi connectivity index (χ2v) is 8.07. The second kappa shape index (κ2) is 8.86. The molecule has 0 unspecified atom stereocenters. The Labute approximate surface area is 179 Å². The standard InChI is InChI=1S/C22H24ClF3N2O2/c1-13-6-16(9-28-10-17(11-28)21(29)27-3)7-14(2)20(13)30-12-15-4-5-19(23)18(8-15)22(24,25)26/h4-8,17H,9-12H2,1-3H3,(H,27,29). The van der Waals surface area contributed by atoms with Crippen molar-refractivity contribution < 1.29 is 22.7 Å². The predicted molar refractivity (Wildman–Crippen MR) is 110 cm³/mol. The quantitative estimate of drug-likeness (QED) is 0.706. The van der Waals surface area contributed by atoms with E-state index in [9.17, 15) is 18.0 Å². The fraction of sp³-hybridized carbons (Fsp3) is 0.409. The Balaban J connectivity index is 1.65. The Kier molecular flexibility index (Phi) is 6.62. The topological polar surface area (TPSA) is 41.6 Å². The zero-order valence-corrected chi connectivity index (χ0v) is 17.8. The minimum absolute atomic E-state index is 0.0151. The number of likely N-dealkylation sites (tertiary alicyclic amines) is 1. The molecule has 0 aliphatic carbocycles. The lowest BCUT2D eigenvalue weighted by Gasteiger charge is -2.38. The van der Waals surface area contributed by atoms with Crippen LogP contribution >= 0.6 is 11.6 Å². The number of alkyl halides is 3. The van der Waals surface area contributed by atoms with Gasteiger partial charge in [-0.15, -0.1) is 0 Å². The van der Waals surface area contributed by atoms with Gasteiger partial charge in [0.1, 0.15) is 12.4 Å². The minimum Gasteiger partial charge on any atom is -0.488 e. The molecule has 0 atom stereocenters. The van der Waals surface area contributed by atoms with Gasteiger partial charge in [0.25, 0.3) is 0 Å². The number of carbonyl (C=O) groups is 1. The lowest BCUT2D eigenvalue weighted by Crippen LogP contribution is -2.52. The molecule has 162 valence electrons. The summed E-state index contributed by atoms with van der Waals surface area (Å²) >= 11 is 5.67. The van der Waals surface area contributed by atoms with E-state index in [0.717, 1.165) is 42.4 Å². The van der Waals surface area contributed by atoms with Crippen molar-refractivity contribution in [3.05, 3.63) is 63.2 Å². The zero-order chi connectivity index (χ0) is 22.1. The average Bonchev–Trinajstić information content (AvgIpc) is 2.63. The highest BCUT2D eigenvalue weighted by Crippen LogP contribution is 2.35. The number of hydrogen-bond acceptors (Lipinski definition) is 3. The van der Waals surface area contributed by atoms with Crippen molar-refractivity contribution in [1.82, 2.24) is 10.2 Å². The maximum Gasteiger partial charge on any atom is 0.417 e. The lowest BCUT2D eigenvalue weighted by molar-refractivity contribution is -0.137. The van der Waals surface area contributed by atoms with Gasteiger partial charge in [-0.05, 0) is 48.2 Å². The zero-order valence-electron chi connectivity index (χ0n) is 17.1. The molecule has 3 rings (SSSR count). The molecule has 1 aliphatic rings. The van der Waals surface area contributed by atoms with E-state index in [0.29, 0.717) is 11.3 Å². The summed E-state index contributed by atoms with van der Waals surface area (Å²) < 4.78 is 45.0. The van der Waals surface area contributed by atoms with Crippen LogP contribution in [-0.4, -0.2) is 30.9 Å². The normalized spacial score (nSPS) is 15.0. The minimum atomic E-state index is -4.51. The Morgan fingerprint density at radius 3 is 2.37 bits per heavy atom. The third kappa shape index (κ3) is 5.08. The predicted octanol–water partition coefficient (Wildman–Crippen LogP) is 4.73. The number of amides is 1. The molecule has 2 aromatic rings. The largest absolute Gasteiger partial charge is 0.488 e. The van der Waals surface area contributed by atoms with Crippen molar-refractivity contribution in [2.75, 3.05) is 20.1 Å². The monoisotopic (exact) mass is 440 g/mol. The van der Waals surface area contributed by atoms with Gasteiger partial charge in [-0.3, -0.25) is 9.69 Å². The van der Waals surface area contributed by atoms with E-state index in [1.165, 1.54) is 12.1 Å². The molecule has 8 heteroatoms. The van der Waals surface area contributed by atoms with E-state index in [2.05, 4.69) is 10.2 Å². The van der Waals surface area contributed by atoms with Gasteiger partial charge >= 0.3 is 6.18 Å². The first-order chi connectivity index (χ1) is 14.1. The van der Waals surface area contributed by atoms with Crippen LogP contribution in [0.3, 0.4) is 0 Å². The van der Waals surface area contributed by atoms with Crippen molar-refractivity contribution in [3.63, 3.8) is 0 Å². The van der Waals surface area contributed by atoms with Crippen LogP contribution in [0.15, 0.2) is 30.3 Å². The Bertz CT molecular complexity index is 917. The number of halogens is 4. The molecule has 1 saturated heterocycles. The molecule has 1 amide bonds. The summed E-state index contributed by atoms with van der Waals surface area (Å²) in [5, 5.41) is 2.34. The van der Waals surface area contributed by atoms with Gasteiger partial charge < -0.3 is 10.1 Å². The first-order valence-electron chi connectivity index (χ1n) is 9.61. The van der Waals surface area contributed by atoms with E-state index in [-0.39, 0.29) is 23.5 Å². The number of hydrogen-bond donors (Lipinski definition) is 1. The van der Waals surface area contributed by atoms with Crippen molar-refractivity contribution in [2.45, 2.75) is 33.2 Å². The molecule has 1 aliphatic heterocycles. The summed E-state index contributed by atoms with van der Waals surface area (Å²) in [7, 11) is 1.64. The SMILES string of the molecule is CNC(=O)C1CN(Cc2cc(C)c(OCc3ccc(Cl)c(C(F)(F)F)c3)c(C)c2)C1. The van der Waals surface area contributed by atoms with Gasteiger partial charge in [-0.1, -0.05) is 29.8 Å². The third-order valence-corrected chi connectivity index (χ3v) is 5.55. The summed E-state index contributed by atoms with van der Waals surface area (Å²) in [6.07, 6.45) is -4.51. The fourth-order valence-electron chi connectivity index (χ4n) is 3.72. The number of nitrogens with zero attached hydrogens (tertiary/aromatic N) is 1. The molecular weight excluding hydrogens is 417 g/mol. The smallest absolute Gasteiger partial charge is 0.417 e. The van der Waals surface area contributed by atoms with E-state index >= 15 is 0 Å². The number of nitrogens with one attached hydrogen (secondary N) is 1. The highest BCUT2D eigenvalue weighted by molar-refractivity contribution is 6.31. The summed E-state index contributed by atoms with van der Waals surface area (Å²) in [5.41, 5.74) is 2.48. The number of ether oxygens (including phenoxy) is 1. The molecule has 0 radical (unpaired) electrons. The van der Waals surface area contributed by atoms with Gasteiger partial charge in [-0.25, -0.2) is 0 Å². The molecule has 1 N–H and O–H groups in total. The fourth-order valence-corrected chi connectivity index (χ4v) is 3.95. The van der Waals surface area contributed by atoms with E-state index in [4.69, 9.17) is 16.3 Å².